The van der Waals surface area contributed by atoms with Gasteiger partial charge in [-0.2, -0.15) is 0 Å². The lowest BCUT2D eigenvalue weighted by atomic mass is 9.46. The fourth-order valence-electron chi connectivity index (χ4n) is 6.56. The lowest BCUT2D eigenvalue weighted by Crippen LogP contribution is -2.57. The predicted molar refractivity (Wildman–Crippen MR) is 85.1 cm³/mol. The summed E-state index contributed by atoms with van der Waals surface area (Å²) in [5, 5.41) is 31.3. The molecule has 122 valence electrons. The summed E-state index contributed by atoms with van der Waals surface area (Å²) in [5.41, 5.74) is -0.177. The van der Waals surface area contributed by atoms with Gasteiger partial charge < -0.3 is 15.3 Å². The van der Waals surface area contributed by atoms with Crippen molar-refractivity contribution in [2.24, 2.45) is 34.5 Å². The van der Waals surface area contributed by atoms with Crippen molar-refractivity contribution in [3.8, 4) is 0 Å². The van der Waals surface area contributed by atoms with E-state index in [0.29, 0.717) is 29.9 Å². The highest BCUT2D eigenvalue weighted by Crippen LogP contribution is 2.64. The minimum absolute atomic E-state index is 0.0660. The van der Waals surface area contributed by atoms with Crippen LogP contribution >= 0.6 is 0 Å². The molecule has 4 aliphatic carbocycles. The molecule has 22 heavy (non-hydrogen) atoms. The number of allylic oxidation sites excluding steroid dienone is 3. The molecule has 0 amide bonds. The van der Waals surface area contributed by atoms with Gasteiger partial charge in [0.05, 0.1) is 12.2 Å². The summed E-state index contributed by atoms with van der Waals surface area (Å²) in [7, 11) is 0. The van der Waals surface area contributed by atoms with Crippen LogP contribution in [0.25, 0.3) is 0 Å². The number of hydrogen-bond acceptors (Lipinski definition) is 3. The van der Waals surface area contributed by atoms with Crippen LogP contribution in [0.3, 0.4) is 0 Å². The Labute approximate surface area is 132 Å². The summed E-state index contributed by atoms with van der Waals surface area (Å²) in [6.07, 6.45) is 10.2. The van der Waals surface area contributed by atoms with Gasteiger partial charge in [-0.05, 0) is 78.8 Å². The van der Waals surface area contributed by atoms with E-state index in [9.17, 15) is 15.3 Å². The van der Waals surface area contributed by atoms with Crippen LogP contribution in [0.2, 0.25) is 0 Å². The highest BCUT2D eigenvalue weighted by Gasteiger charge is 2.61. The second-order valence-electron chi connectivity index (χ2n) is 8.64. The number of fused-ring (bicyclic) bond motifs is 5. The quantitative estimate of drug-likeness (QED) is 0.644. The molecule has 3 saturated carbocycles. The van der Waals surface area contributed by atoms with Crippen LogP contribution in [0, 0.1) is 34.5 Å². The third-order valence-corrected chi connectivity index (χ3v) is 7.71. The fraction of sp³-hybridized carbons (Fsp3) is 0.789. The molecule has 4 aliphatic rings. The minimum Gasteiger partial charge on any atom is -0.508 e. The van der Waals surface area contributed by atoms with E-state index in [1.807, 2.05) is 12.2 Å². The van der Waals surface area contributed by atoms with Crippen molar-refractivity contribution < 1.29 is 15.3 Å². The van der Waals surface area contributed by atoms with Gasteiger partial charge in [0.15, 0.2) is 0 Å². The third-order valence-electron chi connectivity index (χ3n) is 7.71. The monoisotopic (exact) mass is 304 g/mol. The number of rotatable bonds is 0. The van der Waals surface area contributed by atoms with Gasteiger partial charge in [-0.1, -0.05) is 19.9 Å². The lowest BCUT2D eigenvalue weighted by molar-refractivity contribution is -0.149. The SMILES string of the molecule is C[C@]12C=CC(O)=C[C@H]1CC[C@@H]1[C@@H]2[C@@H](O)C[C@]2(C)[C@@H](O)CC[C@@H]12. The van der Waals surface area contributed by atoms with Gasteiger partial charge in [-0.25, -0.2) is 0 Å². The van der Waals surface area contributed by atoms with Crippen molar-refractivity contribution >= 4 is 0 Å². The lowest BCUT2D eigenvalue weighted by Gasteiger charge is -2.59. The van der Waals surface area contributed by atoms with Crippen LogP contribution in [-0.2, 0) is 0 Å². The summed E-state index contributed by atoms with van der Waals surface area (Å²) in [4.78, 5) is 0. The molecule has 3 N–H and O–H groups in total. The standard InChI is InChI=1S/C19H28O3/c1-18-8-7-12(20)9-11(18)3-4-13-14-5-6-16(22)19(14,2)10-15(21)17(13)18/h7-9,11,13-17,20-22H,3-6,10H2,1-2H3/t11-,13+,14+,15+,16+,17-,18+,19+/m1/s1. The average Bonchev–Trinajstić information content (AvgIpc) is 2.75. The van der Waals surface area contributed by atoms with Crippen LogP contribution in [0.1, 0.15) is 46.0 Å². The summed E-state index contributed by atoms with van der Waals surface area (Å²) >= 11 is 0. The Morgan fingerprint density at radius 1 is 1.09 bits per heavy atom. The van der Waals surface area contributed by atoms with Crippen LogP contribution in [0.5, 0.6) is 0 Å². The Morgan fingerprint density at radius 3 is 2.64 bits per heavy atom. The molecular weight excluding hydrogens is 276 g/mol. The van der Waals surface area contributed by atoms with Crippen molar-refractivity contribution in [1.29, 1.82) is 0 Å². The second kappa shape index (κ2) is 4.61. The fourth-order valence-corrected chi connectivity index (χ4v) is 6.56. The van der Waals surface area contributed by atoms with Crippen molar-refractivity contribution in [1.82, 2.24) is 0 Å². The zero-order valence-corrected chi connectivity index (χ0v) is 13.6. The van der Waals surface area contributed by atoms with Crippen molar-refractivity contribution in [2.75, 3.05) is 0 Å². The Morgan fingerprint density at radius 2 is 1.86 bits per heavy atom. The first kappa shape index (κ1) is 14.8. The zero-order valence-electron chi connectivity index (χ0n) is 13.6. The molecule has 4 rings (SSSR count). The van der Waals surface area contributed by atoms with Crippen LogP contribution in [0.15, 0.2) is 24.0 Å². The van der Waals surface area contributed by atoms with Gasteiger partial charge in [0.1, 0.15) is 5.76 Å². The van der Waals surface area contributed by atoms with Gasteiger partial charge in [-0.15, -0.1) is 0 Å². The van der Waals surface area contributed by atoms with Gasteiger partial charge in [-0.3, -0.25) is 0 Å². The van der Waals surface area contributed by atoms with Gasteiger partial charge in [0.2, 0.25) is 0 Å². The summed E-state index contributed by atoms with van der Waals surface area (Å²) in [5.74, 6) is 1.96. The maximum atomic E-state index is 11.0. The molecule has 0 radical (unpaired) electrons. The Balaban J connectivity index is 1.73. The first-order valence-corrected chi connectivity index (χ1v) is 8.82. The third kappa shape index (κ3) is 1.75. The topological polar surface area (TPSA) is 60.7 Å². The predicted octanol–water partition coefficient (Wildman–Crippen LogP) is 3.19. The van der Waals surface area contributed by atoms with E-state index in [2.05, 4.69) is 19.9 Å². The summed E-state index contributed by atoms with van der Waals surface area (Å²) in [6.45, 7) is 4.44. The molecule has 0 aromatic carbocycles. The molecule has 0 aromatic rings. The number of aliphatic hydroxyl groups excluding tert-OH is 3. The van der Waals surface area contributed by atoms with Crippen molar-refractivity contribution in [3.63, 3.8) is 0 Å². The van der Waals surface area contributed by atoms with Crippen molar-refractivity contribution in [3.05, 3.63) is 24.0 Å². The molecule has 0 unspecified atom stereocenters. The first-order chi connectivity index (χ1) is 10.4. The van der Waals surface area contributed by atoms with Gasteiger partial charge in [0.25, 0.3) is 0 Å². The maximum Gasteiger partial charge on any atom is 0.111 e. The van der Waals surface area contributed by atoms with E-state index in [4.69, 9.17) is 0 Å². The van der Waals surface area contributed by atoms with Crippen LogP contribution < -0.4 is 0 Å². The number of hydrogen-bond donors (Lipinski definition) is 3. The van der Waals surface area contributed by atoms with Gasteiger partial charge >= 0.3 is 0 Å². The average molecular weight is 304 g/mol. The molecule has 3 heteroatoms. The molecule has 3 nitrogen and oxygen atoms in total. The summed E-state index contributed by atoms with van der Waals surface area (Å²) in [6, 6.07) is 0. The van der Waals surface area contributed by atoms with E-state index in [1.54, 1.807) is 0 Å². The van der Waals surface area contributed by atoms with Crippen LogP contribution in [0.4, 0.5) is 0 Å². The molecular formula is C19H28O3. The minimum atomic E-state index is -0.356. The van der Waals surface area contributed by atoms with E-state index >= 15 is 0 Å². The van der Waals surface area contributed by atoms with Gasteiger partial charge in [0, 0.05) is 0 Å². The molecule has 0 aromatic heterocycles. The first-order valence-electron chi connectivity index (χ1n) is 8.82. The Hall–Kier alpha value is -0.800. The van der Waals surface area contributed by atoms with E-state index in [1.165, 1.54) is 0 Å². The highest BCUT2D eigenvalue weighted by molar-refractivity contribution is 5.27. The smallest absolute Gasteiger partial charge is 0.111 e. The molecule has 0 saturated heterocycles. The Kier molecular flexibility index (Phi) is 3.09. The molecule has 0 spiro atoms. The highest BCUT2D eigenvalue weighted by atomic mass is 16.3. The molecule has 0 heterocycles. The maximum absolute atomic E-state index is 11.0. The van der Waals surface area contributed by atoms with Crippen molar-refractivity contribution in [2.45, 2.75) is 58.2 Å². The Bertz CT molecular complexity index is 539. The largest absolute Gasteiger partial charge is 0.508 e. The number of aliphatic hydroxyl groups is 3. The van der Waals surface area contributed by atoms with Crippen LogP contribution in [-0.4, -0.2) is 27.5 Å². The normalized spacial score (nSPS) is 56.8. The second-order valence-corrected chi connectivity index (χ2v) is 8.64. The van der Waals surface area contributed by atoms with E-state index in [0.717, 1.165) is 25.7 Å². The zero-order chi connectivity index (χ0) is 15.7. The molecule has 8 atom stereocenters. The molecule has 0 aliphatic heterocycles. The summed E-state index contributed by atoms with van der Waals surface area (Å²) < 4.78 is 0. The van der Waals surface area contributed by atoms with E-state index in [-0.39, 0.29) is 29.0 Å². The van der Waals surface area contributed by atoms with E-state index < -0.39 is 0 Å². The molecule has 3 fully saturated rings. The molecule has 0 bridgehead atoms.